The highest BCUT2D eigenvalue weighted by molar-refractivity contribution is 5.94. The first-order valence-corrected chi connectivity index (χ1v) is 7.87. The molecular formula is C17H21N3O4. The molecule has 24 heavy (non-hydrogen) atoms. The summed E-state index contributed by atoms with van der Waals surface area (Å²) in [5, 5.41) is 7.15. The van der Waals surface area contributed by atoms with Crippen LogP contribution in [0.4, 0.5) is 0 Å². The number of aromatic nitrogens is 2. The van der Waals surface area contributed by atoms with Crippen molar-refractivity contribution >= 4 is 5.91 Å². The molecule has 7 heteroatoms. The molecule has 2 heterocycles. The van der Waals surface area contributed by atoms with Gasteiger partial charge in [0.2, 0.25) is 0 Å². The lowest BCUT2D eigenvalue weighted by molar-refractivity contribution is 0.0919. The number of rotatable bonds is 6. The summed E-state index contributed by atoms with van der Waals surface area (Å²) >= 11 is 0. The highest BCUT2D eigenvalue weighted by Gasteiger charge is 2.23. The molecule has 1 aliphatic heterocycles. The molecule has 0 saturated heterocycles. The van der Waals surface area contributed by atoms with Crippen LogP contribution < -0.4 is 14.8 Å². The Morgan fingerprint density at radius 3 is 2.96 bits per heavy atom. The van der Waals surface area contributed by atoms with Gasteiger partial charge in [-0.15, -0.1) is 0 Å². The van der Waals surface area contributed by atoms with Gasteiger partial charge in [-0.05, 0) is 12.1 Å². The molecule has 0 spiro atoms. The SMILES string of the molecule is COc1ccccc1OCCNC(=O)c1nn(C)c2c1COCC2. The minimum absolute atomic E-state index is 0.207. The molecule has 1 aliphatic rings. The van der Waals surface area contributed by atoms with Crippen LogP contribution in [0.5, 0.6) is 11.5 Å². The van der Waals surface area contributed by atoms with E-state index in [2.05, 4.69) is 10.4 Å². The summed E-state index contributed by atoms with van der Waals surface area (Å²) in [7, 11) is 3.45. The molecule has 2 aromatic rings. The molecule has 0 bridgehead atoms. The third-order valence-electron chi connectivity index (χ3n) is 3.93. The summed E-state index contributed by atoms with van der Waals surface area (Å²) in [4.78, 5) is 12.3. The Hall–Kier alpha value is -2.54. The first kappa shape index (κ1) is 16.3. The first-order chi connectivity index (χ1) is 11.7. The molecule has 0 atom stereocenters. The summed E-state index contributed by atoms with van der Waals surface area (Å²) in [6.07, 6.45) is 0.781. The Morgan fingerprint density at radius 2 is 2.17 bits per heavy atom. The van der Waals surface area contributed by atoms with Gasteiger partial charge in [-0.25, -0.2) is 0 Å². The van der Waals surface area contributed by atoms with Crippen LogP contribution >= 0.6 is 0 Å². The van der Waals surface area contributed by atoms with E-state index in [4.69, 9.17) is 14.2 Å². The van der Waals surface area contributed by atoms with E-state index in [1.54, 1.807) is 11.8 Å². The third-order valence-corrected chi connectivity index (χ3v) is 3.93. The number of nitrogens with zero attached hydrogens (tertiary/aromatic N) is 2. The molecule has 1 aromatic carbocycles. The van der Waals surface area contributed by atoms with Crippen molar-refractivity contribution in [2.24, 2.45) is 7.05 Å². The van der Waals surface area contributed by atoms with Gasteiger partial charge in [0.1, 0.15) is 6.61 Å². The van der Waals surface area contributed by atoms with Crippen molar-refractivity contribution in [2.45, 2.75) is 13.0 Å². The number of amides is 1. The average Bonchev–Trinajstić information content (AvgIpc) is 2.96. The molecule has 7 nitrogen and oxygen atoms in total. The third kappa shape index (κ3) is 3.35. The predicted molar refractivity (Wildman–Crippen MR) is 87.4 cm³/mol. The number of hydrogen-bond acceptors (Lipinski definition) is 5. The highest BCUT2D eigenvalue weighted by atomic mass is 16.5. The summed E-state index contributed by atoms with van der Waals surface area (Å²) in [5.41, 5.74) is 2.38. The molecule has 0 radical (unpaired) electrons. The number of hydrogen-bond donors (Lipinski definition) is 1. The number of nitrogens with one attached hydrogen (secondary N) is 1. The fourth-order valence-electron chi connectivity index (χ4n) is 2.74. The van der Waals surface area contributed by atoms with Crippen molar-refractivity contribution in [2.75, 3.05) is 26.9 Å². The fraction of sp³-hybridized carbons (Fsp3) is 0.412. The summed E-state index contributed by atoms with van der Waals surface area (Å²) in [6, 6.07) is 7.40. The molecule has 0 saturated carbocycles. The van der Waals surface area contributed by atoms with Crippen LogP contribution in [0.2, 0.25) is 0 Å². The fourth-order valence-corrected chi connectivity index (χ4v) is 2.74. The summed E-state index contributed by atoms with van der Waals surface area (Å²) < 4.78 is 18.1. The molecular weight excluding hydrogens is 310 g/mol. The number of fused-ring (bicyclic) bond motifs is 1. The maximum absolute atomic E-state index is 12.3. The van der Waals surface area contributed by atoms with E-state index in [1.807, 2.05) is 31.3 Å². The van der Waals surface area contributed by atoms with E-state index in [0.717, 1.165) is 17.7 Å². The second kappa shape index (κ2) is 7.35. The van der Waals surface area contributed by atoms with Gasteiger partial charge < -0.3 is 19.5 Å². The molecule has 3 rings (SSSR count). The molecule has 1 amide bonds. The molecule has 0 fully saturated rings. The first-order valence-electron chi connectivity index (χ1n) is 7.87. The second-order valence-corrected chi connectivity index (χ2v) is 5.46. The van der Waals surface area contributed by atoms with Crippen molar-refractivity contribution in [3.63, 3.8) is 0 Å². The van der Waals surface area contributed by atoms with Gasteiger partial charge in [0.25, 0.3) is 5.91 Å². The smallest absolute Gasteiger partial charge is 0.272 e. The van der Waals surface area contributed by atoms with Crippen molar-refractivity contribution < 1.29 is 19.0 Å². The standard InChI is InChI=1S/C17H21N3O4/c1-20-13-7-9-23-11-12(13)16(19-20)17(21)18-8-10-24-15-6-4-3-5-14(15)22-2/h3-6H,7-11H2,1-2H3,(H,18,21). The predicted octanol–water partition coefficient (Wildman–Crippen LogP) is 1.31. The van der Waals surface area contributed by atoms with Crippen molar-refractivity contribution in [3.05, 3.63) is 41.2 Å². The van der Waals surface area contributed by atoms with Gasteiger partial charge in [0, 0.05) is 24.7 Å². The Kier molecular flexibility index (Phi) is 5.00. The van der Waals surface area contributed by atoms with E-state index in [9.17, 15) is 4.79 Å². The van der Waals surface area contributed by atoms with Crippen LogP contribution in [-0.4, -0.2) is 42.6 Å². The Morgan fingerprint density at radius 1 is 1.38 bits per heavy atom. The topological polar surface area (TPSA) is 74.6 Å². The molecule has 0 unspecified atom stereocenters. The second-order valence-electron chi connectivity index (χ2n) is 5.46. The number of carbonyl (C=O) groups excluding carboxylic acids is 1. The Bertz CT molecular complexity index is 727. The van der Waals surface area contributed by atoms with Crippen molar-refractivity contribution in [1.82, 2.24) is 15.1 Å². The average molecular weight is 331 g/mol. The zero-order valence-electron chi connectivity index (χ0n) is 13.9. The molecule has 128 valence electrons. The maximum atomic E-state index is 12.3. The molecule has 0 aliphatic carbocycles. The molecule has 1 N–H and O–H groups in total. The summed E-state index contributed by atoms with van der Waals surface area (Å²) in [5.74, 6) is 1.11. The normalized spacial score (nSPS) is 13.2. The van der Waals surface area contributed by atoms with E-state index in [-0.39, 0.29) is 5.91 Å². The Labute approximate surface area is 140 Å². The van der Waals surface area contributed by atoms with Crippen molar-refractivity contribution in [3.8, 4) is 11.5 Å². The van der Waals surface area contributed by atoms with Gasteiger partial charge in [-0.3, -0.25) is 9.48 Å². The monoisotopic (exact) mass is 331 g/mol. The minimum atomic E-state index is -0.207. The highest BCUT2D eigenvalue weighted by Crippen LogP contribution is 2.25. The van der Waals surface area contributed by atoms with Crippen LogP contribution in [-0.2, 0) is 24.8 Å². The lowest BCUT2D eigenvalue weighted by Crippen LogP contribution is -2.29. The molecule has 1 aromatic heterocycles. The Balaban J connectivity index is 1.55. The van der Waals surface area contributed by atoms with Crippen LogP contribution in [0.25, 0.3) is 0 Å². The van der Waals surface area contributed by atoms with Gasteiger partial charge in [-0.2, -0.15) is 5.10 Å². The quantitative estimate of drug-likeness (QED) is 0.808. The summed E-state index contributed by atoms with van der Waals surface area (Å²) in [6.45, 7) is 1.82. The minimum Gasteiger partial charge on any atom is -0.493 e. The van der Waals surface area contributed by atoms with Crippen LogP contribution in [0, 0.1) is 0 Å². The number of carbonyl (C=O) groups is 1. The van der Waals surface area contributed by atoms with Crippen LogP contribution in [0.3, 0.4) is 0 Å². The number of para-hydroxylation sites is 2. The van der Waals surface area contributed by atoms with Crippen LogP contribution in [0.1, 0.15) is 21.7 Å². The van der Waals surface area contributed by atoms with E-state index >= 15 is 0 Å². The van der Waals surface area contributed by atoms with Gasteiger partial charge in [0.05, 0.1) is 26.9 Å². The van der Waals surface area contributed by atoms with E-state index in [1.165, 1.54) is 0 Å². The van der Waals surface area contributed by atoms with Crippen molar-refractivity contribution in [1.29, 1.82) is 0 Å². The van der Waals surface area contributed by atoms with E-state index in [0.29, 0.717) is 43.6 Å². The van der Waals surface area contributed by atoms with Crippen LogP contribution in [0.15, 0.2) is 24.3 Å². The number of aryl methyl sites for hydroxylation is 1. The lowest BCUT2D eigenvalue weighted by Gasteiger charge is -2.13. The van der Waals surface area contributed by atoms with Gasteiger partial charge >= 0.3 is 0 Å². The maximum Gasteiger partial charge on any atom is 0.272 e. The number of methoxy groups -OCH3 is 1. The van der Waals surface area contributed by atoms with E-state index < -0.39 is 0 Å². The largest absolute Gasteiger partial charge is 0.493 e. The van der Waals surface area contributed by atoms with Gasteiger partial charge in [-0.1, -0.05) is 12.1 Å². The number of ether oxygens (including phenoxy) is 3. The number of benzene rings is 1. The lowest BCUT2D eigenvalue weighted by atomic mass is 10.1. The zero-order valence-corrected chi connectivity index (χ0v) is 13.9. The zero-order chi connectivity index (χ0) is 16.9. The van der Waals surface area contributed by atoms with Gasteiger partial charge in [0.15, 0.2) is 17.2 Å².